The summed E-state index contributed by atoms with van der Waals surface area (Å²) in [5.41, 5.74) is 2.22. The van der Waals surface area contributed by atoms with Gasteiger partial charge in [-0.05, 0) is 50.3 Å². The lowest BCUT2D eigenvalue weighted by Crippen LogP contribution is -2.36. The molecule has 0 aliphatic heterocycles. The Morgan fingerprint density at radius 3 is 2.34 bits per heavy atom. The Morgan fingerprint density at radius 1 is 1.03 bits per heavy atom. The molecule has 2 aromatic rings. The number of hydrogen-bond donors (Lipinski definition) is 3. The van der Waals surface area contributed by atoms with Gasteiger partial charge < -0.3 is 15.7 Å². The number of para-hydroxylation sites is 1. The number of aliphatic carboxylic acids is 1. The van der Waals surface area contributed by atoms with E-state index in [1.165, 1.54) is 24.3 Å². The van der Waals surface area contributed by atoms with Crippen LogP contribution in [0.2, 0.25) is 0 Å². The fraction of sp³-hybridized carbons (Fsp3) is 0.286. The van der Waals surface area contributed by atoms with Crippen molar-refractivity contribution in [3.63, 3.8) is 0 Å². The van der Waals surface area contributed by atoms with Crippen LogP contribution in [0, 0.1) is 17.7 Å². The maximum Gasteiger partial charge on any atom is 0.307 e. The smallest absolute Gasteiger partial charge is 0.307 e. The molecule has 1 heterocycles. The first-order valence-electron chi connectivity index (χ1n) is 9.10. The van der Waals surface area contributed by atoms with E-state index in [1.54, 1.807) is 11.4 Å². The van der Waals surface area contributed by atoms with Gasteiger partial charge >= 0.3 is 5.97 Å². The third-order valence-electron chi connectivity index (χ3n) is 5.19. The molecule has 0 fully saturated rings. The van der Waals surface area contributed by atoms with E-state index >= 15 is 0 Å². The van der Waals surface area contributed by atoms with Crippen LogP contribution in [0.15, 0.2) is 46.9 Å². The second-order valence-electron chi connectivity index (χ2n) is 7.11. The van der Waals surface area contributed by atoms with E-state index < -0.39 is 35.4 Å². The van der Waals surface area contributed by atoms with Crippen molar-refractivity contribution in [1.29, 1.82) is 0 Å². The molecule has 0 saturated heterocycles. The Hall–Kier alpha value is -3.00. The van der Waals surface area contributed by atoms with Crippen molar-refractivity contribution in [3.8, 4) is 0 Å². The number of carbonyl (C=O) groups is 3. The van der Waals surface area contributed by atoms with Crippen LogP contribution in [0.5, 0.6) is 0 Å². The van der Waals surface area contributed by atoms with Gasteiger partial charge in [-0.1, -0.05) is 23.3 Å². The highest BCUT2D eigenvalue weighted by molar-refractivity contribution is 7.14. The van der Waals surface area contributed by atoms with E-state index in [4.69, 9.17) is 0 Å². The molecule has 29 heavy (non-hydrogen) atoms. The predicted octanol–water partition coefficient (Wildman–Crippen LogP) is 4.53. The molecule has 152 valence electrons. The lowest BCUT2D eigenvalue weighted by Gasteiger charge is -2.29. The minimum atomic E-state index is -1.01. The minimum absolute atomic E-state index is 0.0374. The van der Waals surface area contributed by atoms with Gasteiger partial charge in [0.15, 0.2) is 0 Å². The third-order valence-corrected chi connectivity index (χ3v) is 6.02. The fourth-order valence-corrected chi connectivity index (χ4v) is 4.16. The lowest BCUT2D eigenvalue weighted by molar-refractivity contribution is -0.146. The summed E-state index contributed by atoms with van der Waals surface area (Å²) in [5.74, 6) is -4.11. The first-order chi connectivity index (χ1) is 13.8. The van der Waals surface area contributed by atoms with Crippen LogP contribution in [0.25, 0.3) is 0 Å². The predicted molar refractivity (Wildman–Crippen MR) is 110 cm³/mol. The summed E-state index contributed by atoms with van der Waals surface area (Å²) in [5, 5.41) is 16.6. The maximum absolute atomic E-state index is 13.8. The van der Waals surface area contributed by atoms with Crippen molar-refractivity contribution < 1.29 is 23.9 Å². The van der Waals surface area contributed by atoms with Crippen LogP contribution in [0.3, 0.4) is 0 Å². The van der Waals surface area contributed by atoms with Gasteiger partial charge in [0.25, 0.3) is 5.91 Å². The first-order valence-corrected chi connectivity index (χ1v) is 9.98. The normalized spacial score (nSPS) is 19.0. The number of nitrogens with one attached hydrogen (secondary N) is 2. The fourth-order valence-electron chi connectivity index (χ4n) is 3.37. The molecule has 0 radical (unpaired) electrons. The van der Waals surface area contributed by atoms with Gasteiger partial charge in [0.2, 0.25) is 5.91 Å². The molecule has 1 aromatic carbocycles. The summed E-state index contributed by atoms with van der Waals surface area (Å²) in [6.45, 7) is 3.77. The molecule has 0 spiro atoms. The van der Waals surface area contributed by atoms with E-state index in [2.05, 4.69) is 10.6 Å². The molecule has 3 rings (SSSR count). The van der Waals surface area contributed by atoms with Gasteiger partial charge in [0, 0.05) is 0 Å². The number of carboxylic acids is 1. The van der Waals surface area contributed by atoms with Crippen LogP contribution in [0.1, 0.15) is 37.0 Å². The Kier molecular flexibility index (Phi) is 6.12. The minimum Gasteiger partial charge on any atom is -0.481 e. The van der Waals surface area contributed by atoms with Gasteiger partial charge in [-0.3, -0.25) is 14.4 Å². The van der Waals surface area contributed by atoms with Crippen molar-refractivity contribution in [2.45, 2.75) is 26.7 Å². The molecule has 3 N–H and O–H groups in total. The number of amides is 2. The van der Waals surface area contributed by atoms with Gasteiger partial charge in [-0.25, -0.2) is 4.39 Å². The summed E-state index contributed by atoms with van der Waals surface area (Å²) in [6, 6.07) is 7.32. The molecule has 6 nitrogen and oxygen atoms in total. The van der Waals surface area contributed by atoms with Gasteiger partial charge in [0.1, 0.15) is 10.8 Å². The molecule has 2 atom stereocenters. The van der Waals surface area contributed by atoms with E-state index in [-0.39, 0.29) is 11.3 Å². The molecule has 1 aliphatic rings. The first kappa shape index (κ1) is 20.7. The molecule has 0 bridgehead atoms. The Labute approximate surface area is 171 Å². The second kappa shape index (κ2) is 8.57. The summed E-state index contributed by atoms with van der Waals surface area (Å²) in [4.78, 5) is 37.0. The number of anilines is 2. The summed E-state index contributed by atoms with van der Waals surface area (Å²) >= 11 is 1.15. The molecular formula is C21H21FN2O4S. The molecule has 0 unspecified atom stereocenters. The highest BCUT2D eigenvalue weighted by Gasteiger charge is 2.37. The van der Waals surface area contributed by atoms with E-state index in [0.29, 0.717) is 17.8 Å². The van der Waals surface area contributed by atoms with Crippen LogP contribution >= 0.6 is 11.3 Å². The highest BCUT2D eigenvalue weighted by Crippen LogP contribution is 2.36. The second-order valence-corrected chi connectivity index (χ2v) is 8.02. The van der Waals surface area contributed by atoms with Crippen LogP contribution < -0.4 is 10.6 Å². The van der Waals surface area contributed by atoms with Crippen molar-refractivity contribution in [1.82, 2.24) is 0 Å². The zero-order valence-corrected chi connectivity index (χ0v) is 16.8. The Morgan fingerprint density at radius 2 is 1.69 bits per heavy atom. The molecule has 1 aromatic heterocycles. The van der Waals surface area contributed by atoms with Crippen molar-refractivity contribution in [3.05, 3.63) is 58.2 Å². The molecule has 0 saturated carbocycles. The average Bonchev–Trinajstić information content (AvgIpc) is 3.13. The molecule has 8 heteroatoms. The van der Waals surface area contributed by atoms with Gasteiger partial charge in [0.05, 0.1) is 23.1 Å². The zero-order chi connectivity index (χ0) is 21.1. The number of rotatable bonds is 5. The van der Waals surface area contributed by atoms with Gasteiger partial charge in [-0.2, -0.15) is 0 Å². The van der Waals surface area contributed by atoms with E-state index in [1.807, 2.05) is 13.8 Å². The van der Waals surface area contributed by atoms with E-state index in [9.17, 15) is 23.9 Å². The number of benzene rings is 1. The molecular weight excluding hydrogens is 395 g/mol. The summed E-state index contributed by atoms with van der Waals surface area (Å²) < 4.78 is 13.8. The van der Waals surface area contributed by atoms with Gasteiger partial charge in [-0.15, -0.1) is 11.3 Å². The van der Waals surface area contributed by atoms with E-state index in [0.717, 1.165) is 22.5 Å². The average molecular weight is 416 g/mol. The van der Waals surface area contributed by atoms with Crippen molar-refractivity contribution >= 4 is 39.8 Å². The Balaban J connectivity index is 1.77. The number of halogens is 1. The summed E-state index contributed by atoms with van der Waals surface area (Å²) in [7, 11) is 0. The van der Waals surface area contributed by atoms with Crippen molar-refractivity contribution in [2.24, 2.45) is 11.8 Å². The monoisotopic (exact) mass is 416 g/mol. The number of carbonyl (C=O) groups excluding carboxylic acids is 2. The Bertz CT molecular complexity index is 998. The number of allylic oxidation sites excluding steroid dienone is 2. The number of hydrogen-bond acceptors (Lipinski definition) is 4. The number of carboxylic acid groups (broad SMARTS) is 1. The molecule has 1 aliphatic carbocycles. The van der Waals surface area contributed by atoms with Crippen LogP contribution in [-0.2, 0) is 9.59 Å². The number of thiophene rings is 1. The van der Waals surface area contributed by atoms with Crippen molar-refractivity contribution in [2.75, 3.05) is 10.6 Å². The maximum atomic E-state index is 13.8. The topological polar surface area (TPSA) is 95.5 Å². The summed E-state index contributed by atoms with van der Waals surface area (Å²) in [6.07, 6.45) is 0.682. The van der Waals surface area contributed by atoms with Crippen LogP contribution in [0.4, 0.5) is 15.1 Å². The quantitative estimate of drug-likeness (QED) is 0.624. The lowest BCUT2D eigenvalue weighted by atomic mass is 9.76. The molecule has 2 amide bonds. The standard InChI is InChI=1S/C21H21FN2O4S/c1-11-9-14(15(21(27)28)10-12(11)2)19(26)24-20-13(7-8-29-20)18(25)23-17-6-4-3-5-16(17)22/h3-8,14-15H,9-10H2,1-2H3,(H,23,25)(H,24,26)(H,27,28)/t14-,15+/m0/s1. The van der Waals surface area contributed by atoms with Crippen LogP contribution in [-0.4, -0.2) is 22.9 Å². The highest BCUT2D eigenvalue weighted by atomic mass is 32.1. The third kappa shape index (κ3) is 4.54. The zero-order valence-electron chi connectivity index (χ0n) is 16.0. The largest absolute Gasteiger partial charge is 0.481 e. The SMILES string of the molecule is CC1=C(C)C[C@@H](C(=O)O)[C@@H](C(=O)Nc2sccc2C(=O)Nc2ccccc2F)C1.